The lowest BCUT2D eigenvalue weighted by Crippen LogP contribution is -2.28. The van der Waals surface area contributed by atoms with E-state index >= 15 is 0 Å². The van der Waals surface area contributed by atoms with Crippen molar-refractivity contribution in [2.24, 2.45) is 5.73 Å². The van der Waals surface area contributed by atoms with Gasteiger partial charge in [-0.1, -0.05) is 36.9 Å². The molecule has 0 aliphatic carbocycles. The van der Waals surface area contributed by atoms with Crippen molar-refractivity contribution in [3.8, 4) is 5.97 Å². The topological polar surface area (TPSA) is 49.8 Å². The van der Waals surface area contributed by atoms with E-state index in [2.05, 4.69) is 30.2 Å². The molecular formula is C11H13BN2. The SMILES string of the molecule is N#CB1CC(c2ccc(CN)cc2)C1. The van der Waals surface area contributed by atoms with E-state index in [0.717, 1.165) is 12.6 Å². The van der Waals surface area contributed by atoms with Crippen LogP contribution in [0, 0.1) is 11.2 Å². The average Bonchev–Trinajstić information content (AvgIpc) is 2.17. The predicted octanol–water partition coefficient (Wildman–Crippen LogP) is 1.80. The van der Waals surface area contributed by atoms with Crippen molar-refractivity contribution in [2.75, 3.05) is 0 Å². The molecule has 14 heavy (non-hydrogen) atoms. The van der Waals surface area contributed by atoms with Gasteiger partial charge in [-0.15, -0.1) is 0 Å². The van der Waals surface area contributed by atoms with Crippen LogP contribution in [-0.2, 0) is 6.54 Å². The highest BCUT2D eigenvalue weighted by molar-refractivity contribution is 6.70. The van der Waals surface area contributed by atoms with Crippen molar-refractivity contribution in [1.82, 2.24) is 0 Å². The number of rotatable bonds is 2. The molecule has 1 aromatic carbocycles. The first-order chi connectivity index (χ1) is 6.83. The monoisotopic (exact) mass is 184 g/mol. The Kier molecular flexibility index (Phi) is 2.56. The molecule has 0 saturated carbocycles. The quantitative estimate of drug-likeness (QED) is 0.712. The van der Waals surface area contributed by atoms with Crippen LogP contribution in [0.1, 0.15) is 17.0 Å². The molecule has 0 unspecified atom stereocenters. The summed E-state index contributed by atoms with van der Waals surface area (Å²) in [5, 5.41) is 8.67. The fourth-order valence-electron chi connectivity index (χ4n) is 1.92. The van der Waals surface area contributed by atoms with Gasteiger partial charge in [-0.05, 0) is 17.0 Å². The molecule has 0 bridgehead atoms. The van der Waals surface area contributed by atoms with Crippen molar-refractivity contribution in [3.05, 3.63) is 35.4 Å². The van der Waals surface area contributed by atoms with E-state index in [1.807, 2.05) is 0 Å². The summed E-state index contributed by atoms with van der Waals surface area (Å²) >= 11 is 0. The summed E-state index contributed by atoms with van der Waals surface area (Å²) in [6.45, 7) is 0.889. The Morgan fingerprint density at radius 2 is 2.00 bits per heavy atom. The van der Waals surface area contributed by atoms with Crippen LogP contribution in [0.3, 0.4) is 0 Å². The second kappa shape index (κ2) is 3.85. The first-order valence-corrected chi connectivity index (χ1v) is 5.02. The number of benzene rings is 1. The summed E-state index contributed by atoms with van der Waals surface area (Å²) in [4.78, 5) is 0. The predicted molar refractivity (Wildman–Crippen MR) is 58.1 cm³/mol. The second-order valence-corrected chi connectivity index (χ2v) is 3.94. The minimum atomic E-state index is 0.286. The van der Waals surface area contributed by atoms with Crippen molar-refractivity contribution in [2.45, 2.75) is 25.1 Å². The third kappa shape index (κ3) is 1.66. The minimum Gasteiger partial charge on any atom is -0.326 e. The van der Waals surface area contributed by atoms with Gasteiger partial charge in [0.2, 0.25) is 0 Å². The summed E-state index contributed by atoms with van der Waals surface area (Å²) in [7, 11) is 0. The van der Waals surface area contributed by atoms with Crippen molar-refractivity contribution >= 4 is 6.71 Å². The molecule has 0 atom stereocenters. The molecule has 2 N–H and O–H groups in total. The molecule has 2 nitrogen and oxygen atoms in total. The smallest absolute Gasteiger partial charge is 0.269 e. The molecule has 2 rings (SSSR count). The summed E-state index contributed by atoms with van der Waals surface area (Å²) < 4.78 is 0. The lowest BCUT2D eigenvalue weighted by molar-refractivity contribution is 0.772. The molecule has 3 heteroatoms. The van der Waals surface area contributed by atoms with Gasteiger partial charge in [-0.25, -0.2) is 5.26 Å². The van der Waals surface area contributed by atoms with Crippen LogP contribution in [0.15, 0.2) is 24.3 Å². The first kappa shape index (κ1) is 9.30. The van der Waals surface area contributed by atoms with Crippen molar-refractivity contribution < 1.29 is 0 Å². The Hall–Kier alpha value is -1.27. The summed E-state index contributed by atoms with van der Waals surface area (Å²) in [5.41, 5.74) is 8.05. The maximum Gasteiger partial charge on any atom is 0.269 e. The second-order valence-electron chi connectivity index (χ2n) is 3.94. The molecule has 1 fully saturated rings. The molecule has 1 aliphatic rings. The molecule has 1 aromatic rings. The van der Waals surface area contributed by atoms with Gasteiger partial charge in [0.05, 0.1) is 0 Å². The van der Waals surface area contributed by atoms with E-state index < -0.39 is 0 Å². The normalized spacial score (nSPS) is 16.1. The standard InChI is InChI=1S/C11H13BN2/c13-7-9-1-3-10(4-2-9)11-5-12(6-11)8-14/h1-4,11H,5-7,13H2. The lowest BCUT2D eigenvalue weighted by Gasteiger charge is -2.28. The third-order valence-electron chi connectivity index (χ3n) is 3.01. The highest BCUT2D eigenvalue weighted by Gasteiger charge is 2.33. The van der Waals surface area contributed by atoms with Gasteiger partial charge in [0.25, 0.3) is 6.71 Å². The highest BCUT2D eigenvalue weighted by atomic mass is 14.5. The van der Waals surface area contributed by atoms with Crippen LogP contribution in [0.5, 0.6) is 0 Å². The number of nitrogens with two attached hydrogens (primary N) is 1. The Balaban J connectivity index is 2.02. The van der Waals surface area contributed by atoms with Crippen LogP contribution >= 0.6 is 0 Å². The van der Waals surface area contributed by atoms with Gasteiger partial charge in [-0.2, -0.15) is 0 Å². The number of nitrogens with zero attached hydrogens (tertiary/aromatic N) is 1. The molecular weight excluding hydrogens is 171 g/mol. The van der Waals surface area contributed by atoms with Crippen molar-refractivity contribution in [1.29, 1.82) is 5.26 Å². The lowest BCUT2D eigenvalue weighted by atomic mass is 9.32. The molecule has 1 saturated heterocycles. The Labute approximate surface area is 84.8 Å². The highest BCUT2D eigenvalue weighted by Crippen LogP contribution is 2.37. The van der Waals surface area contributed by atoms with E-state index in [0.29, 0.717) is 12.5 Å². The largest absolute Gasteiger partial charge is 0.326 e. The molecule has 0 amide bonds. The van der Waals surface area contributed by atoms with Gasteiger partial charge in [0.1, 0.15) is 0 Å². The van der Waals surface area contributed by atoms with Crippen molar-refractivity contribution in [3.63, 3.8) is 0 Å². The number of hydrogen-bond donors (Lipinski definition) is 1. The fourth-order valence-corrected chi connectivity index (χ4v) is 1.92. The van der Waals surface area contributed by atoms with Gasteiger partial charge in [-0.3, -0.25) is 0 Å². The zero-order valence-electron chi connectivity index (χ0n) is 8.11. The van der Waals surface area contributed by atoms with E-state index in [-0.39, 0.29) is 6.71 Å². The zero-order valence-corrected chi connectivity index (χ0v) is 8.11. The van der Waals surface area contributed by atoms with Crippen LogP contribution in [0.2, 0.25) is 12.6 Å². The minimum absolute atomic E-state index is 0.286. The summed E-state index contributed by atoms with van der Waals surface area (Å²) in [6.07, 6.45) is 2.05. The van der Waals surface area contributed by atoms with Gasteiger partial charge in [0.15, 0.2) is 0 Å². The third-order valence-corrected chi connectivity index (χ3v) is 3.01. The molecule has 0 aromatic heterocycles. The zero-order chi connectivity index (χ0) is 9.97. The van der Waals surface area contributed by atoms with Gasteiger partial charge in [0, 0.05) is 12.5 Å². The maximum absolute atomic E-state index is 8.67. The van der Waals surface area contributed by atoms with E-state index in [1.54, 1.807) is 0 Å². The van der Waals surface area contributed by atoms with Crippen LogP contribution < -0.4 is 5.73 Å². The Morgan fingerprint density at radius 3 is 2.50 bits per heavy atom. The summed E-state index contributed by atoms with van der Waals surface area (Å²) in [6, 6.07) is 8.44. The van der Waals surface area contributed by atoms with E-state index in [4.69, 9.17) is 11.0 Å². The molecule has 0 spiro atoms. The summed E-state index contributed by atoms with van der Waals surface area (Å²) in [5.74, 6) is 2.91. The van der Waals surface area contributed by atoms with E-state index in [1.165, 1.54) is 11.1 Å². The number of hydrogen-bond acceptors (Lipinski definition) is 2. The Bertz CT molecular complexity index is 347. The molecule has 0 radical (unpaired) electrons. The van der Waals surface area contributed by atoms with Crippen LogP contribution in [0.25, 0.3) is 0 Å². The van der Waals surface area contributed by atoms with Crippen LogP contribution in [0.4, 0.5) is 0 Å². The number of nitriles is 1. The Morgan fingerprint density at radius 1 is 1.36 bits per heavy atom. The van der Waals surface area contributed by atoms with Crippen LogP contribution in [-0.4, -0.2) is 6.71 Å². The fraction of sp³-hybridized carbons (Fsp3) is 0.364. The van der Waals surface area contributed by atoms with Gasteiger partial charge >= 0.3 is 0 Å². The maximum atomic E-state index is 8.67. The molecule has 1 heterocycles. The molecule has 1 aliphatic heterocycles. The van der Waals surface area contributed by atoms with E-state index in [9.17, 15) is 0 Å². The first-order valence-electron chi connectivity index (χ1n) is 5.02. The average molecular weight is 184 g/mol. The molecule has 70 valence electrons. The van der Waals surface area contributed by atoms with Gasteiger partial charge < -0.3 is 5.73 Å².